The Bertz CT molecular complexity index is 2760. The zero-order chi connectivity index (χ0) is 36.2. The number of nitrogens with zero attached hydrogens (tertiary/aromatic N) is 1. The first-order valence-corrected chi connectivity index (χ1v) is 18.9. The third-order valence-electron chi connectivity index (χ3n) is 11.6. The summed E-state index contributed by atoms with van der Waals surface area (Å²) in [5.41, 5.74) is 17.3. The Labute approximate surface area is 312 Å². The van der Waals surface area contributed by atoms with Crippen molar-refractivity contribution in [3.8, 4) is 50.6 Å². The van der Waals surface area contributed by atoms with Crippen LogP contribution in [0.4, 0.5) is 0 Å². The lowest BCUT2D eigenvalue weighted by Crippen LogP contribution is -2.58. The second kappa shape index (κ2) is 11.4. The number of hydrogen-bond donors (Lipinski definition) is 0. The normalized spacial score (nSPS) is 13.2. The quantitative estimate of drug-likeness (QED) is 0.169. The number of ether oxygens (including phenoxy) is 1. The van der Waals surface area contributed by atoms with Crippen LogP contribution in [0.3, 0.4) is 0 Å². The molecule has 3 heterocycles. The number of aromatic nitrogens is 1. The van der Waals surface area contributed by atoms with E-state index in [4.69, 9.17) is 4.74 Å². The third kappa shape index (κ3) is 4.94. The number of hydrogen-bond acceptors (Lipinski definition) is 1. The first kappa shape index (κ1) is 31.9. The highest BCUT2D eigenvalue weighted by atomic mass is 16.5. The van der Waals surface area contributed by atoms with Crippen LogP contribution in [0.25, 0.3) is 60.9 Å². The van der Waals surface area contributed by atoms with Gasteiger partial charge in [-0.2, -0.15) is 0 Å². The maximum absolute atomic E-state index is 7.14. The van der Waals surface area contributed by atoms with E-state index < -0.39 is 0 Å². The van der Waals surface area contributed by atoms with Gasteiger partial charge in [0.05, 0.1) is 5.52 Å². The van der Waals surface area contributed by atoms with Crippen molar-refractivity contribution in [2.75, 3.05) is 0 Å². The van der Waals surface area contributed by atoms with Crippen molar-refractivity contribution in [3.63, 3.8) is 0 Å². The summed E-state index contributed by atoms with van der Waals surface area (Å²) in [5.74, 6) is 1.85. The zero-order valence-corrected chi connectivity index (χ0v) is 31.3. The molecule has 2 aliphatic heterocycles. The Morgan fingerprint density at radius 1 is 0.472 bits per heavy atom. The van der Waals surface area contributed by atoms with Crippen molar-refractivity contribution >= 4 is 44.9 Å². The predicted molar refractivity (Wildman–Crippen MR) is 226 cm³/mol. The van der Waals surface area contributed by atoms with Crippen LogP contribution in [0.5, 0.6) is 11.5 Å². The molecule has 2 aliphatic rings. The molecule has 53 heavy (non-hydrogen) atoms. The Hall–Kier alpha value is -5.80. The van der Waals surface area contributed by atoms with E-state index in [9.17, 15) is 0 Å². The highest BCUT2D eigenvalue weighted by Gasteiger charge is 2.42. The van der Waals surface area contributed by atoms with Gasteiger partial charge < -0.3 is 9.30 Å². The Balaban J connectivity index is 1.33. The van der Waals surface area contributed by atoms with Gasteiger partial charge in [0.25, 0.3) is 6.71 Å². The van der Waals surface area contributed by atoms with E-state index >= 15 is 0 Å². The van der Waals surface area contributed by atoms with Crippen molar-refractivity contribution < 1.29 is 4.74 Å². The van der Waals surface area contributed by atoms with Gasteiger partial charge in [0, 0.05) is 22.0 Å². The second-order valence-corrected chi connectivity index (χ2v) is 17.0. The maximum atomic E-state index is 7.14. The summed E-state index contributed by atoms with van der Waals surface area (Å²) in [7, 11) is 0. The molecule has 0 N–H and O–H groups in total. The van der Waals surface area contributed by atoms with Gasteiger partial charge in [-0.25, -0.2) is 0 Å². The molecule has 2 nitrogen and oxygen atoms in total. The van der Waals surface area contributed by atoms with Gasteiger partial charge in [-0.1, -0.05) is 151 Å². The first-order chi connectivity index (χ1) is 25.5. The van der Waals surface area contributed by atoms with Crippen LogP contribution in [-0.2, 0) is 10.8 Å². The molecule has 7 aromatic carbocycles. The molecule has 0 spiro atoms. The van der Waals surface area contributed by atoms with Gasteiger partial charge in [-0.15, -0.1) is 0 Å². The lowest BCUT2D eigenvalue weighted by Gasteiger charge is -2.35. The van der Waals surface area contributed by atoms with Crippen LogP contribution in [0.1, 0.15) is 52.7 Å². The minimum atomic E-state index is -0.0278. The van der Waals surface area contributed by atoms with Gasteiger partial charge in [0.2, 0.25) is 0 Å². The van der Waals surface area contributed by atoms with Crippen molar-refractivity contribution in [2.45, 2.75) is 52.4 Å². The number of rotatable bonds is 3. The van der Waals surface area contributed by atoms with Gasteiger partial charge in [0.1, 0.15) is 11.5 Å². The minimum Gasteiger partial charge on any atom is -0.458 e. The Kier molecular flexibility index (Phi) is 6.83. The molecule has 8 aromatic rings. The van der Waals surface area contributed by atoms with Crippen LogP contribution in [0.15, 0.2) is 146 Å². The molecule has 0 aliphatic carbocycles. The lowest BCUT2D eigenvalue weighted by molar-refractivity contribution is 0.487. The van der Waals surface area contributed by atoms with Gasteiger partial charge >= 0.3 is 0 Å². The van der Waals surface area contributed by atoms with Crippen LogP contribution in [0, 0.1) is 0 Å². The van der Waals surface area contributed by atoms with E-state index in [0.29, 0.717) is 0 Å². The summed E-state index contributed by atoms with van der Waals surface area (Å²) in [6, 6.07) is 53.8. The van der Waals surface area contributed by atoms with Crippen molar-refractivity contribution in [3.05, 3.63) is 157 Å². The van der Waals surface area contributed by atoms with Crippen LogP contribution < -0.4 is 21.1 Å². The molecule has 0 radical (unpaired) electrons. The summed E-state index contributed by atoms with van der Waals surface area (Å²) in [5, 5.41) is 2.63. The fraction of sp³-hybridized carbons (Fsp3) is 0.160. The first-order valence-electron chi connectivity index (χ1n) is 18.9. The zero-order valence-electron chi connectivity index (χ0n) is 31.3. The molecule has 0 amide bonds. The highest BCUT2D eigenvalue weighted by molar-refractivity contribution is 6.99. The predicted octanol–water partition coefficient (Wildman–Crippen LogP) is 11.3. The summed E-state index contributed by atoms with van der Waals surface area (Å²) < 4.78 is 9.69. The Morgan fingerprint density at radius 2 is 1.09 bits per heavy atom. The molecule has 0 saturated carbocycles. The topological polar surface area (TPSA) is 14.2 Å². The van der Waals surface area contributed by atoms with Gasteiger partial charge in [-0.3, -0.25) is 0 Å². The van der Waals surface area contributed by atoms with E-state index in [0.717, 1.165) is 22.6 Å². The van der Waals surface area contributed by atoms with E-state index in [-0.39, 0.29) is 17.5 Å². The van der Waals surface area contributed by atoms with E-state index in [2.05, 4.69) is 192 Å². The molecular weight excluding hydrogens is 641 g/mol. The molecular formula is C50H42BNO. The summed E-state index contributed by atoms with van der Waals surface area (Å²) in [6.45, 7) is 14.0. The summed E-state index contributed by atoms with van der Waals surface area (Å²) >= 11 is 0. The molecule has 3 heteroatoms. The molecule has 256 valence electrons. The van der Waals surface area contributed by atoms with Crippen molar-refractivity contribution in [1.29, 1.82) is 0 Å². The molecule has 10 rings (SSSR count). The smallest absolute Gasteiger partial charge is 0.256 e. The minimum absolute atomic E-state index is 0.0238. The number of fused-ring (bicyclic) bond motifs is 7. The number of benzene rings is 7. The summed E-state index contributed by atoms with van der Waals surface area (Å²) in [4.78, 5) is 0. The third-order valence-corrected chi connectivity index (χ3v) is 11.6. The largest absolute Gasteiger partial charge is 0.458 e. The van der Waals surface area contributed by atoms with E-state index in [1.54, 1.807) is 0 Å². The molecule has 0 bridgehead atoms. The fourth-order valence-electron chi connectivity index (χ4n) is 8.75. The van der Waals surface area contributed by atoms with Gasteiger partial charge in [-0.05, 0) is 108 Å². The monoisotopic (exact) mass is 683 g/mol. The summed E-state index contributed by atoms with van der Waals surface area (Å²) in [6.07, 6.45) is 0. The van der Waals surface area contributed by atoms with E-state index in [1.807, 2.05) is 0 Å². The van der Waals surface area contributed by atoms with Crippen molar-refractivity contribution in [1.82, 2.24) is 4.57 Å². The molecule has 0 saturated heterocycles. The molecule has 1 aromatic heterocycles. The van der Waals surface area contributed by atoms with Crippen LogP contribution >= 0.6 is 0 Å². The second-order valence-electron chi connectivity index (χ2n) is 17.0. The Morgan fingerprint density at radius 3 is 1.79 bits per heavy atom. The maximum Gasteiger partial charge on any atom is 0.256 e. The molecule has 0 unspecified atom stereocenters. The average Bonchev–Trinajstić information content (AvgIpc) is 3.50. The standard InChI is InChI=1S/C50H42BNO/c1-49(2,3)35-22-24-43-39(28-35)40-29-36(50(4,5)6)30-42-48(40)52(43)44-25-34(38-20-14-13-19-37(38)32-17-11-8-12-18-32)27-46-47(44)51(42)41-23-21-33(26-45(41)53-46)31-15-9-7-10-16-31/h7-30H,1-6H3. The molecule has 0 atom stereocenters. The van der Waals surface area contributed by atoms with Crippen LogP contribution in [-0.4, -0.2) is 11.3 Å². The van der Waals surface area contributed by atoms with Crippen LogP contribution in [0.2, 0.25) is 0 Å². The SMILES string of the molecule is CC(C)(C)c1ccc2c(c1)c1cc(C(C)(C)C)cc3c1n2-c1cc(-c2ccccc2-c2ccccc2)cc2c1B3c1ccc(-c3ccccc3)cc1O2. The fourth-order valence-corrected chi connectivity index (χ4v) is 8.75. The van der Waals surface area contributed by atoms with E-state index in [1.165, 1.54) is 77.3 Å². The highest BCUT2D eigenvalue weighted by Crippen LogP contribution is 2.43. The molecule has 0 fully saturated rings. The van der Waals surface area contributed by atoms with Gasteiger partial charge in [0.15, 0.2) is 0 Å². The lowest BCUT2D eigenvalue weighted by atomic mass is 9.34. The average molecular weight is 684 g/mol. The van der Waals surface area contributed by atoms with Crippen molar-refractivity contribution in [2.24, 2.45) is 0 Å².